The molecule has 1 aromatic rings. The first-order valence-corrected chi connectivity index (χ1v) is 7.32. The molecule has 0 aliphatic rings. The van der Waals surface area contributed by atoms with Crippen LogP contribution in [-0.2, 0) is 6.54 Å². The Morgan fingerprint density at radius 2 is 2.00 bits per heavy atom. The van der Waals surface area contributed by atoms with E-state index in [-0.39, 0.29) is 11.1 Å². The summed E-state index contributed by atoms with van der Waals surface area (Å²) in [6.07, 6.45) is 0.846. The Morgan fingerprint density at radius 1 is 1.33 bits per heavy atom. The topological polar surface area (TPSA) is 64.4 Å². The summed E-state index contributed by atoms with van der Waals surface area (Å²) in [7, 11) is 0. The van der Waals surface area contributed by atoms with Crippen LogP contribution in [0.4, 0.5) is 5.69 Å². The van der Waals surface area contributed by atoms with E-state index in [2.05, 4.69) is 39.9 Å². The first-order chi connectivity index (χ1) is 9.69. The van der Waals surface area contributed by atoms with E-state index >= 15 is 0 Å². The molecule has 0 radical (unpaired) electrons. The van der Waals surface area contributed by atoms with Gasteiger partial charge in [-0.1, -0.05) is 40.7 Å². The van der Waals surface area contributed by atoms with Crippen molar-refractivity contribution in [3.8, 4) is 5.75 Å². The Bertz CT molecular complexity index is 479. The van der Waals surface area contributed by atoms with E-state index in [1.165, 1.54) is 6.07 Å². The fourth-order valence-electron chi connectivity index (χ4n) is 1.72. The van der Waals surface area contributed by atoms with Gasteiger partial charge in [0, 0.05) is 18.7 Å². The summed E-state index contributed by atoms with van der Waals surface area (Å²) in [6, 6.07) is 5.41. The second-order valence-electron chi connectivity index (χ2n) is 6.75. The van der Waals surface area contributed by atoms with Gasteiger partial charge in [0.1, 0.15) is 0 Å². The largest absolute Gasteiger partial charge is 0.487 e. The minimum Gasteiger partial charge on any atom is -0.487 e. The number of nitro groups is 1. The number of hydrogen-bond acceptors (Lipinski definition) is 4. The number of nitro benzene ring substituents is 1. The van der Waals surface area contributed by atoms with Crippen LogP contribution in [-0.4, -0.2) is 17.6 Å². The smallest absolute Gasteiger partial charge is 0.310 e. The average Bonchev–Trinajstić information content (AvgIpc) is 2.34. The highest BCUT2D eigenvalue weighted by Gasteiger charge is 2.17. The van der Waals surface area contributed by atoms with Gasteiger partial charge in [0.15, 0.2) is 5.75 Å². The lowest BCUT2D eigenvalue weighted by atomic mass is 9.93. The molecule has 0 aliphatic heterocycles. The van der Waals surface area contributed by atoms with Gasteiger partial charge < -0.3 is 10.1 Å². The molecule has 5 nitrogen and oxygen atoms in total. The monoisotopic (exact) mass is 294 g/mol. The van der Waals surface area contributed by atoms with E-state index in [9.17, 15) is 10.1 Å². The fraction of sp³-hybridized carbons (Fsp3) is 0.625. The van der Waals surface area contributed by atoms with Crippen molar-refractivity contribution in [2.24, 2.45) is 5.41 Å². The van der Waals surface area contributed by atoms with E-state index in [1.54, 1.807) is 12.1 Å². The Morgan fingerprint density at radius 3 is 2.52 bits per heavy atom. The summed E-state index contributed by atoms with van der Waals surface area (Å²) >= 11 is 0. The van der Waals surface area contributed by atoms with Crippen molar-refractivity contribution < 1.29 is 9.66 Å². The zero-order chi connectivity index (χ0) is 16.0. The van der Waals surface area contributed by atoms with Crippen molar-refractivity contribution in [2.75, 3.05) is 6.61 Å². The van der Waals surface area contributed by atoms with Gasteiger partial charge in [-0.2, -0.15) is 0 Å². The van der Waals surface area contributed by atoms with Crippen molar-refractivity contribution in [2.45, 2.75) is 53.6 Å². The molecule has 0 heterocycles. The van der Waals surface area contributed by atoms with Crippen molar-refractivity contribution in [3.05, 3.63) is 33.9 Å². The second kappa shape index (κ2) is 7.41. The molecule has 0 saturated carbocycles. The van der Waals surface area contributed by atoms with Crippen molar-refractivity contribution in [1.29, 1.82) is 0 Å². The quantitative estimate of drug-likeness (QED) is 0.611. The van der Waals surface area contributed by atoms with Crippen LogP contribution in [0.2, 0.25) is 0 Å². The number of nitrogens with zero attached hydrogens (tertiary/aromatic N) is 1. The Labute approximate surface area is 126 Å². The molecule has 0 spiro atoms. The molecule has 1 rings (SSSR count). The minimum atomic E-state index is -0.397. The third kappa shape index (κ3) is 6.58. The van der Waals surface area contributed by atoms with Gasteiger partial charge in [-0.25, -0.2) is 0 Å². The second-order valence-corrected chi connectivity index (χ2v) is 6.75. The van der Waals surface area contributed by atoms with Crippen LogP contribution in [0, 0.1) is 15.5 Å². The predicted octanol–water partition coefficient (Wildman–Crippen LogP) is 3.91. The average molecular weight is 294 g/mol. The number of benzene rings is 1. The standard InChI is InChI=1S/C16H26N2O3/c1-12(2)17-11-13-6-7-14(18(19)20)15(10-13)21-9-8-16(3,4)5/h6-7,10,12,17H,8-9,11H2,1-5H3. The van der Waals surface area contributed by atoms with Crippen LogP contribution in [0.1, 0.15) is 46.6 Å². The lowest BCUT2D eigenvalue weighted by molar-refractivity contribution is -0.385. The van der Waals surface area contributed by atoms with Gasteiger partial charge in [0.25, 0.3) is 0 Å². The first kappa shape index (κ1) is 17.4. The van der Waals surface area contributed by atoms with Crippen LogP contribution >= 0.6 is 0 Å². The zero-order valence-corrected chi connectivity index (χ0v) is 13.6. The van der Waals surface area contributed by atoms with Gasteiger partial charge in [0.05, 0.1) is 11.5 Å². The fourth-order valence-corrected chi connectivity index (χ4v) is 1.72. The summed E-state index contributed by atoms with van der Waals surface area (Å²) in [5.74, 6) is 0.354. The van der Waals surface area contributed by atoms with Crippen molar-refractivity contribution in [1.82, 2.24) is 5.32 Å². The van der Waals surface area contributed by atoms with Gasteiger partial charge in [-0.05, 0) is 23.5 Å². The summed E-state index contributed by atoms with van der Waals surface area (Å²) in [4.78, 5) is 10.7. The maximum absolute atomic E-state index is 11.1. The summed E-state index contributed by atoms with van der Waals surface area (Å²) in [6.45, 7) is 11.6. The van der Waals surface area contributed by atoms with Gasteiger partial charge in [-0.15, -0.1) is 0 Å². The number of ether oxygens (including phenoxy) is 1. The Hall–Kier alpha value is -1.62. The molecule has 1 aromatic carbocycles. The minimum absolute atomic E-state index is 0.0252. The molecule has 0 unspecified atom stereocenters. The van der Waals surface area contributed by atoms with E-state index in [1.807, 2.05) is 0 Å². The molecule has 0 atom stereocenters. The maximum Gasteiger partial charge on any atom is 0.310 e. The summed E-state index contributed by atoms with van der Waals surface area (Å²) in [5, 5.41) is 14.4. The molecule has 0 bridgehead atoms. The van der Waals surface area contributed by atoms with Crippen molar-refractivity contribution >= 4 is 5.69 Å². The molecule has 0 aromatic heterocycles. The molecule has 0 aliphatic carbocycles. The number of hydrogen-bond donors (Lipinski definition) is 1. The molecular weight excluding hydrogens is 268 g/mol. The zero-order valence-electron chi connectivity index (χ0n) is 13.6. The van der Waals surface area contributed by atoms with Gasteiger partial charge >= 0.3 is 5.69 Å². The maximum atomic E-state index is 11.1. The summed E-state index contributed by atoms with van der Waals surface area (Å²) in [5.41, 5.74) is 1.16. The van der Waals surface area contributed by atoms with E-state index in [0.29, 0.717) is 24.9 Å². The predicted molar refractivity (Wildman–Crippen MR) is 84.6 cm³/mol. The van der Waals surface area contributed by atoms with Crippen LogP contribution in [0.3, 0.4) is 0 Å². The van der Waals surface area contributed by atoms with Crippen LogP contribution in [0.5, 0.6) is 5.75 Å². The van der Waals surface area contributed by atoms with Crippen LogP contribution in [0.15, 0.2) is 18.2 Å². The molecule has 118 valence electrons. The SMILES string of the molecule is CC(C)NCc1ccc([N+](=O)[O-])c(OCCC(C)(C)C)c1. The molecule has 0 amide bonds. The number of rotatable bonds is 7. The highest BCUT2D eigenvalue weighted by molar-refractivity contribution is 5.48. The van der Waals surface area contributed by atoms with E-state index in [4.69, 9.17) is 4.74 Å². The van der Waals surface area contributed by atoms with Crippen LogP contribution < -0.4 is 10.1 Å². The van der Waals surface area contributed by atoms with Gasteiger partial charge in [0.2, 0.25) is 0 Å². The lowest BCUT2D eigenvalue weighted by Crippen LogP contribution is -2.21. The Balaban J connectivity index is 2.81. The Kier molecular flexibility index (Phi) is 6.15. The molecule has 5 heteroatoms. The summed E-state index contributed by atoms with van der Waals surface area (Å²) < 4.78 is 5.65. The molecule has 0 saturated heterocycles. The third-order valence-corrected chi connectivity index (χ3v) is 3.04. The van der Waals surface area contributed by atoms with Crippen molar-refractivity contribution in [3.63, 3.8) is 0 Å². The normalized spacial score (nSPS) is 11.7. The molecular formula is C16H26N2O3. The molecule has 1 N–H and O–H groups in total. The first-order valence-electron chi connectivity index (χ1n) is 7.32. The van der Waals surface area contributed by atoms with E-state index in [0.717, 1.165) is 12.0 Å². The highest BCUT2D eigenvalue weighted by Crippen LogP contribution is 2.29. The third-order valence-electron chi connectivity index (χ3n) is 3.04. The lowest BCUT2D eigenvalue weighted by Gasteiger charge is -2.18. The van der Waals surface area contributed by atoms with Crippen LogP contribution in [0.25, 0.3) is 0 Å². The van der Waals surface area contributed by atoms with Gasteiger partial charge in [-0.3, -0.25) is 10.1 Å². The molecule has 21 heavy (non-hydrogen) atoms. The molecule has 0 fully saturated rings. The van der Waals surface area contributed by atoms with E-state index < -0.39 is 4.92 Å². The highest BCUT2D eigenvalue weighted by atomic mass is 16.6. The number of nitrogens with one attached hydrogen (secondary N) is 1.